The van der Waals surface area contributed by atoms with Crippen molar-refractivity contribution in [1.82, 2.24) is 14.7 Å². The normalized spacial score (nSPS) is 18.5. The molecule has 1 N–H and O–H groups in total. The molecule has 2 amide bonds. The molecule has 4 rings (SSSR count). The summed E-state index contributed by atoms with van der Waals surface area (Å²) in [6, 6.07) is 15.4. The van der Waals surface area contributed by atoms with E-state index in [2.05, 4.69) is 17.1 Å². The number of anilines is 1. The summed E-state index contributed by atoms with van der Waals surface area (Å²) in [5, 5.41) is 3.52. The molecule has 1 saturated heterocycles. The summed E-state index contributed by atoms with van der Waals surface area (Å²) in [6.45, 7) is 10.4. The second-order valence-corrected chi connectivity index (χ2v) is 8.49. The predicted octanol–water partition coefficient (Wildman–Crippen LogP) is 3.46. The predicted molar refractivity (Wildman–Crippen MR) is 129 cm³/mol. The molecule has 0 radical (unpaired) electrons. The second kappa shape index (κ2) is 10.8. The van der Waals surface area contributed by atoms with E-state index in [9.17, 15) is 9.59 Å². The molecule has 0 aliphatic carbocycles. The quantitative estimate of drug-likeness (QED) is 0.593. The van der Waals surface area contributed by atoms with Gasteiger partial charge in [-0.05, 0) is 44.2 Å². The Hall–Kier alpha value is -2.90. The van der Waals surface area contributed by atoms with Gasteiger partial charge in [0.05, 0.1) is 0 Å². The molecular weight excluding hydrogens is 416 g/mol. The van der Waals surface area contributed by atoms with E-state index in [1.807, 2.05) is 65.3 Å². The number of amides is 2. The number of ether oxygens (including phenoxy) is 1. The Morgan fingerprint density at radius 2 is 1.85 bits per heavy atom. The number of carbonyl (C=O) groups is 2. The van der Waals surface area contributed by atoms with Crippen molar-refractivity contribution in [2.24, 2.45) is 0 Å². The molecule has 176 valence electrons. The third kappa shape index (κ3) is 5.20. The standard InChI is InChI=1S/C26H34N4O3/c1-3-28-14-16-29(17-15-28)25(31)20-9-7-10-21(19-20)27-24-22-11-5-6-12-23(22)26(32)30(24)13-8-18-33-4-2/h5-7,9-12,19,24,27H,3-4,8,13-18H2,1-2H3. The highest BCUT2D eigenvalue weighted by atomic mass is 16.5. The summed E-state index contributed by atoms with van der Waals surface area (Å²) in [5.74, 6) is 0.0893. The fourth-order valence-corrected chi connectivity index (χ4v) is 4.59. The van der Waals surface area contributed by atoms with Crippen LogP contribution in [0.15, 0.2) is 48.5 Å². The van der Waals surface area contributed by atoms with Crippen LogP contribution in [0, 0.1) is 0 Å². The zero-order valence-electron chi connectivity index (χ0n) is 19.6. The van der Waals surface area contributed by atoms with Crippen LogP contribution in [-0.4, -0.2) is 79.0 Å². The lowest BCUT2D eigenvalue weighted by Crippen LogP contribution is -2.48. The van der Waals surface area contributed by atoms with Gasteiger partial charge in [-0.1, -0.05) is 31.2 Å². The summed E-state index contributed by atoms with van der Waals surface area (Å²) < 4.78 is 5.47. The Morgan fingerprint density at radius 3 is 2.61 bits per heavy atom. The molecule has 2 aromatic carbocycles. The van der Waals surface area contributed by atoms with Crippen LogP contribution in [0.1, 0.15) is 52.7 Å². The minimum absolute atomic E-state index is 0.0284. The Labute approximate surface area is 196 Å². The molecule has 1 atom stereocenters. The van der Waals surface area contributed by atoms with E-state index in [4.69, 9.17) is 4.74 Å². The van der Waals surface area contributed by atoms with Gasteiger partial charge in [-0.2, -0.15) is 0 Å². The number of benzene rings is 2. The van der Waals surface area contributed by atoms with Gasteiger partial charge < -0.3 is 24.8 Å². The van der Waals surface area contributed by atoms with Crippen LogP contribution in [0.4, 0.5) is 5.69 Å². The van der Waals surface area contributed by atoms with Crippen molar-refractivity contribution in [3.8, 4) is 0 Å². The molecule has 0 saturated carbocycles. The number of carbonyl (C=O) groups excluding carboxylic acids is 2. The number of piperazine rings is 1. The van der Waals surface area contributed by atoms with Gasteiger partial charge in [0.15, 0.2) is 0 Å². The maximum Gasteiger partial charge on any atom is 0.256 e. The van der Waals surface area contributed by atoms with Gasteiger partial charge in [-0.3, -0.25) is 9.59 Å². The van der Waals surface area contributed by atoms with Gasteiger partial charge in [0.2, 0.25) is 0 Å². The van der Waals surface area contributed by atoms with Gasteiger partial charge in [0.1, 0.15) is 6.17 Å². The summed E-state index contributed by atoms with van der Waals surface area (Å²) in [4.78, 5) is 32.3. The number of nitrogens with zero attached hydrogens (tertiary/aromatic N) is 3. The van der Waals surface area contributed by atoms with Crippen LogP contribution in [0.25, 0.3) is 0 Å². The third-order valence-corrected chi connectivity index (χ3v) is 6.47. The summed E-state index contributed by atoms with van der Waals surface area (Å²) in [7, 11) is 0. The number of fused-ring (bicyclic) bond motifs is 1. The smallest absolute Gasteiger partial charge is 0.256 e. The summed E-state index contributed by atoms with van der Waals surface area (Å²) in [5.41, 5.74) is 3.20. The number of rotatable bonds is 9. The topological polar surface area (TPSA) is 65.1 Å². The van der Waals surface area contributed by atoms with Gasteiger partial charge in [-0.25, -0.2) is 0 Å². The zero-order chi connectivity index (χ0) is 23.2. The average molecular weight is 451 g/mol. The minimum Gasteiger partial charge on any atom is -0.382 e. The fraction of sp³-hybridized carbons (Fsp3) is 0.462. The molecule has 0 bridgehead atoms. The van der Waals surface area contributed by atoms with Crippen LogP contribution < -0.4 is 5.32 Å². The fourth-order valence-electron chi connectivity index (χ4n) is 4.59. The van der Waals surface area contributed by atoms with Crippen LogP contribution in [0.5, 0.6) is 0 Å². The monoisotopic (exact) mass is 450 g/mol. The number of hydrogen-bond donors (Lipinski definition) is 1. The van der Waals surface area contributed by atoms with Crippen molar-refractivity contribution >= 4 is 17.5 Å². The molecular formula is C26H34N4O3. The van der Waals surface area contributed by atoms with E-state index in [0.29, 0.717) is 25.3 Å². The lowest BCUT2D eigenvalue weighted by molar-refractivity contribution is 0.0642. The lowest BCUT2D eigenvalue weighted by atomic mass is 10.1. The van der Waals surface area contributed by atoms with Crippen molar-refractivity contribution in [3.05, 3.63) is 65.2 Å². The molecule has 2 aliphatic rings. The average Bonchev–Trinajstić information content (AvgIpc) is 3.12. The first-order valence-corrected chi connectivity index (χ1v) is 12.0. The van der Waals surface area contributed by atoms with Crippen molar-refractivity contribution in [2.45, 2.75) is 26.4 Å². The van der Waals surface area contributed by atoms with E-state index >= 15 is 0 Å². The first-order valence-electron chi connectivity index (χ1n) is 12.0. The molecule has 2 heterocycles. The molecule has 7 nitrogen and oxygen atoms in total. The van der Waals surface area contributed by atoms with Crippen molar-refractivity contribution < 1.29 is 14.3 Å². The number of likely N-dealkylation sites (N-methyl/N-ethyl adjacent to an activating group) is 1. The molecule has 0 aromatic heterocycles. The molecule has 0 spiro atoms. The molecule has 1 unspecified atom stereocenters. The Morgan fingerprint density at radius 1 is 1.06 bits per heavy atom. The molecule has 7 heteroatoms. The van der Waals surface area contributed by atoms with Gasteiger partial charge in [0.25, 0.3) is 11.8 Å². The highest BCUT2D eigenvalue weighted by Crippen LogP contribution is 2.34. The maximum absolute atomic E-state index is 13.1. The number of hydrogen-bond acceptors (Lipinski definition) is 5. The van der Waals surface area contributed by atoms with Gasteiger partial charge in [-0.15, -0.1) is 0 Å². The van der Waals surface area contributed by atoms with Gasteiger partial charge >= 0.3 is 0 Å². The molecule has 2 aromatic rings. The van der Waals surface area contributed by atoms with E-state index in [1.165, 1.54) is 0 Å². The van der Waals surface area contributed by atoms with Crippen molar-refractivity contribution in [2.75, 3.05) is 57.8 Å². The van der Waals surface area contributed by atoms with Crippen LogP contribution >= 0.6 is 0 Å². The Bertz CT molecular complexity index is 972. The van der Waals surface area contributed by atoms with E-state index < -0.39 is 0 Å². The first-order chi connectivity index (χ1) is 16.1. The van der Waals surface area contributed by atoms with E-state index in [-0.39, 0.29) is 18.0 Å². The van der Waals surface area contributed by atoms with E-state index in [1.54, 1.807) is 0 Å². The zero-order valence-corrected chi connectivity index (χ0v) is 19.6. The maximum atomic E-state index is 13.1. The lowest BCUT2D eigenvalue weighted by Gasteiger charge is -2.34. The highest BCUT2D eigenvalue weighted by molar-refractivity contribution is 5.99. The Balaban J connectivity index is 1.49. The van der Waals surface area contributed by atoms with Crippen molar-refractivity contribution in [1.29, 1.82) is 0 Å². The second-order valence-electron chi connectivity index (χ2n) is 8.49. The minimum atomic E-state index is -0.270. The summed E-state index contributed by atoms with van der Waals surface area (Å²) >= 11 is 0. The van der Waals surface area contributed by atoms with Crippen LogP contribution in [0.2, 0.25) is 0 Å². The van der Waals surface area contributed by atoms with Crippen LogP contribution in [0.3, 0.4) is 0 Å². The Kier molecular flexibility index (Phi) is 7.62. The number of nitrogens with one attached hydrogen (secondary N) is 1. The van der Waals surface area contributed by atoms with Crippen LogP contribution in [-0.2, 0) is 4.74 Å². The molecule has 33 heavy (non-hydrogen) atoms. The highest BCUT2D eigenvalue weighted by Gasteiger charge is 2.36. The molecule has 2 aliphatic heterocycles. The van der Waals surface area contributed by atoms with E-state index in [0.717, 1.165) is 56.0 Å². The summed E-state index contributed by atoms with van der Waals surface area (Å²) in [6.07, 6.45) is 0.502. The SMILES string of the molecule is CCOCCCN1C(=O)c2ccccc2C1Nc1cccc(C(=O)N2CCN(CC)CC2)c1. The third-order valence-electron chi connectivity index (χ3n) is 6.47. The van der Waals surface area contributed by atoms with Crippen molar-refractivity contribution in [3.63, 3.8) is 0 Å². The molecule has 1 fully saturated rings. The first kappa shape index (κ1) is 23.3. The van der Waals surface area contributed by atoms with Gasteiger partial charge in [0, 0.05) is 68.3 Å². The largest absolute Gasteiger partial charge is 0.382 e.